The van der Waals surface area contributed by atoms with Crippen LogP contribution in [0.3, 0.4) is 0 Å². The molecular formula is C70H129NO8. The molecule has 0 radical (unpaired) electrons. The zero-order valence-electron chi connectivity index (χ0n) is 51.6. The quantitative estimate of drug-likeness (QED) is 0.0261. The molecule has 0 aromatic carbocycles. The number of unbranched alkanes of at least 4 members (excludes halogenated alkanes) is 41. The molecule has 1 aliphatic rings. The lowest BCUT2D eigenvalue weighted by Crippen LogP contribution is -2.60. The largest absolute Gasteiger partial charge is 0.394 e. The van der Waals surface area contributed by atoms with E-state index < -0.39 is 49.5 Å². The summed E-state index contributed by atoms with van der Waals surface area (Å²) in [7, 11) is 0. The fourth-order valence-electron chi connectivity index (χ4n) is 10.8. The van der Waals surface area contributed by atoms with Crippen LogP contribution in [0.2, 0.25) is 0 Å². The van der Waals surface area contributed by atoms with Crippen LogP contribution in [-0.4, -0.2) is 87.5 Å². The zero-order chi connectivity index (χ0) is 57.2. The summed E-state index contributed by atoms with van der Waals surface area (Å²) in [5, 5.41) is 54.8. The number of aliphatic hydroxyl groups excluding tert-OH is 5. The predicted molar refractivity (Wildman–Crippen MR) is 336 cm³/mol. The Bertz CT molecular complexity index is 1430. The van der Waals surface area contributed by atoms with Crippen molar-refractivity contribution in [2.75, 3.05) is 13.2 Å². The highest BCUT2D eigenvalue weighted by atomic mass is 16.7. The molecule has 1 amide bonds. The summed E-state index contributed by atoms with van der Waals surface area (Å²) >= 11 is 0. The van der Waals surface area contributed by atoms with Gasteiger partial charge in [0, 0.05) is 6.42 Å². The maximum atomic E-state index is 13.1. The molecule has 0 bridgehead atoms. The van der Waals surface area contributed by atoms with Gasteiger partial charge in [0.1, 0.15) is 24.4 Å². The molecule has 9 nitrogen and oxygen atoms in total. The van der Waals surface area contributed by atoms with Gasteiger partial charge < -0.3 is 40.3 Å². The second-order valence-electron chi connectivity index (χ2n) is 23.6. The number of nitrogens with one attached hydrogen (secondary N) is 1. The van der Waals surface area contributed by atoms with E-state index in [4.69, 9.17) is 9.47 Å². The number of ether oxygens (including phenoxy) is 2. The first-order valence-corrected chi connectivity index (χ1v) is 34.0. The van der Waals surface area contributed by atoms with Gasteiger partial charge in [-0.2, -0.15) is 0 Å². The molecule has 1 rings (SSSR count). The number of hydrogen-bond donors (Lipinski definition) is 6. The number of aliphatic hydroxyl groups is 5. The number of amides is 1. The summed E-state index contributed by atoms with van der Waals surface area (Å²) in [6.07, 6.45) is 74.6. The Morgan fingerprint density at radius 2 is 0.785 bits per heavy atom. The maximum absolute atomic E-state index is 13.1. The average Bonchev–Trinajstić information content (AvgIpc) is 3.47. The fraction of sp³-hybridized carbons (Fsp3) is 0.843. The smallest absolute Gasteiger partial charge is 0.220 e. The van der Waals surface area contributed by atoms with Crippen molar-refractivity contribution in [3.63, 3.8) is 0 Å². The molecule has 1 fully saturated rings. The van der Waals surface area contributed by atoms with Crippen LogP contribution in [0, 0.1) is 0 Å². The SMILES string of the molecule is CC/C=C\C/C=C\C/C=C\C/C=C\CCCCCCCCCCCCCCCCCCC(=O)NC(COC1OC(CO)C(O)C(O)C1O)C(O)/C=C/CCCCCCCCCCCCCCCCCCCCCCCCCCC. The molecule has 462 valence electrons. The van der Waals surface area contributed by atoms with E-state index >= 15 is 0 Å². The zero-order valence-corrected chi connectivity index (χ0v) is 51.6. The van der Waals surface area contributed by atoms with Crippen molar-refractivity contribution in [2.45, 2.75) is 365 Å². The third kappa shape index (κ3) is 48.0. The number of hydrogen-bond acceptors (Lipinski definition) is 8. The molecule has 0 saturated carbocycles. The van der Waals surface area contributed by atoms with Gasteiger partial charge in [-0.05, 0) is 57.8 Å². The molecule has 7 unspecified atom stereocenters. The van der Waals surface area contributed by atoms with Crippen LogP contribution in [0.25, 0.3) is 0 Å². The van der Waals surface area contributed by atoms with E-state index in [2.05, 4.69) is 67.8 Å². The van der Waals surface area contributed by atoms with E-state index in [0.717, 1.165) is 64.2 Å². The van der Waals surface area contributed by atoms with Gasteiger partial charge in [-0.1, -0.05) is 319 Å². The standard InChI is InChI=1S/C70H129NO8/c1-3-5-7-9-11-13-15-17-19-21-23-25-27-29-31-32-34-36-38-40-42-44-46-48-50-52-54-56-58-60-66(74)71-63(62-78-70-69(77)68(76)67(75)65(61-72)79-70)64(73)59-57-55-53-51-49-47-45-43-41-39-37-35-33-30-28-26-24-22-20-18-16-14-12-10-8-6-4-2/h5,7,11,13,17,19,23,25,57,59,63-65,67-70,72-73,75-77H,3-4,6,8-10,12,14-16,18,20-22,24,26-56,58,60-62H2,1-2H3,(H,71,74)/b7-5-,13-11-,19-17-,25-23-,59-57+. The van der Waals surface area contributed by atoms with Crippen LogP contribution in [0.1, 0.15) is 322 Å². The van der Waals surface area contributed by atoms with Gasteiger partial charge in [0.2, 0.25) is 5.91 Å². The Balaban J connectivity index is 2.14. The molecule has 79 heavy (non-hydrogen) atoms. The molecular weight excluding hydrogens is 983 g/mol. The van der Waals surface area contributed by atoms with E-state index in [1.54, 1.807) is 6.08 Å². The number of allylic oxidation sites excluding steroid dienone is 9. The lowest BCUT2D eigenvalue weighted by Gasteiger charge is -2.40. The summed E-state index contributed by atoms with van der Waals surface area (Å²) in [4.78, 5) is 13.1. The summed E-state index contributed by atoms with van der Waals surface area (Å²) in [5.41, 5.74) is 0. The van der Waals surface area contributed by atoms with Crippen molar-refractivity contribution in [3.8, 4) is 0 Å². The Morgan fingerprint density at radius 3 is 1.16 bits per heavy atom. The lowest BCUT2D eigenvalue weighted by molar-refractivity contribution is -0.302. The number of carbonyl (C=O) groups excluding carboxylic acids is 1. The van der Waals surface area contributed by atoms with Crippen LogP contribution >= 0.6 is 0 Å². The van der Waals surface area contributed by atoms with Crippen molar-refractivity contribution in [1.82, 2.24) is 5.32 Å². The first kappa shape index (κ1) is 74.9. The van der Waals surface area contributed by atoms with Crippen LogP contribution in [-0.2, 0) is 14.3 Å². The molecule has 0 aromatic rings. The van der Waals surface area contributed by atoms with Gasteiger partial charge in [-0.15, -0.1) is 0 Å². The van der Waals surface area contributed by atoms with E-state index in [0.29, 0.717) is 6.42 Å². The molecule has 1 saturated heterocycles. The molecule has 6 N–H and O–H groups in total. The summed E-state index contributed by atoms with van der Waals surface area (Å²) in [6.45, 7) is 3.71. The Kier molecular flexibility index (Phi) is 56.0. The molecule has 1 aliphatic heterocycles. The molecule has 0 spiro atoms. The monoisotopic (exact) mass is 1110 g/mol. The summed E-state index contributed by atoms with van der Waals surface area (Å²) < 4.78 is 11.3. The van der Waals surface area contributed by atoms with Crippen molar-refractivity contribution < 1.29 is 39.8 Å². The third-order valence-electron chi connectivity index (χ3n) is 16.1. The van der Waals surface area contributed by atoms with Crippen LogP contribution in [0.5, 0.6) is 0 Å². The van der Waals surface area contributed by atoms with Crippen LogP contribution in [0.15, 0.2) is 60.8 Å². The van der Waals surface area contributed by atoms with Gasteiger partial charge >= 0.3 is 0 Å². The first-order chi connectivity index (χ1) is 38.8. The highest BCUT2D eigenvalue weighted by molar-refractivity contribution is 5.76. The molecule has 7 atom stereocenters. The Labute approximate surface area is 487 Å². The highest BCUT2D eigenvalue weighted by Gasteiger charge is 2.44. The second kappa shape index (κ2) is 59.1. The van der Waals surface area contributed by atoms with E-state index in [-0.39, 0.29) is 12.5 Å². The summed E-state index contributed by atoms with van der Waals surface area (Å²) in [6, 6.07) is -0.808. The topological polar surface area (TPSA) is 149 Å². The Morgan fingerprint density at radius 1 is 0.443 bits per heavy atom. The first-order valence-electron chi connectivity index (χ1n) is 34.0. The van der Waals surface area contributed by atoms with E-state index in [9.17, 15) is 30.3 Å². The van der Waals surface area contributed by atoms with Gasteiger partial charge in [0.15, 0.2) is 6.29 Å². The minimum absolute atomic E-state index is 0.173. The second-order valence-corrected chi connectivity index (χ2v) is 23.6. The number of carbonyl (C=O) groups is 1. The molecule has 1 heterocycles. The molecule has 9 heteroatoms. The molecule has 0 aromatic heterocycles. The predicted octanol–water partition coefficient (Wildman–Crippen LogP) is 18.2. The van der Waals surface area contributed by atoms with Crippen molar-refractivity contribution >= 4 is 5.91 Å². The van der Waals surface area contributed by atoms with Gasteiger partial charge in [0.05, 0.1) is 25.4 Å². The minimum Gasteiger partial charge on any atom is -0.394 e. The van der Waals surface area contributed by atoms with E-state index in [1.807, 2.05) is 6.08 Å². The maximum Gasteiger partial charge on any atom is 0.220 e. The van der Waals surface area contributed by atoms with Gasteiger partial charge in [0.25, 0.3) is 0 Å². The average molecular weight is 1110 g/mol. The minimum atomic E-state index is -1.57. The van der Waals surface area contributed by atoms with E-state index in [1.165, 1.54) is 238 Å². The fourth-order valence-corrected chi connectivity index (χ4v) is 10.8. The van der Waals surface area contributed by atoms with Crippen molar-refractivity contribution in [3.05, 3.63) is 60.8 Å². The Hall–Kier alpha value is -2.11. The molecule has 0 aliphatic carbocycles. The third-order valence-corrected chi connectivity index (χ3v) is 16.1. The highest BCUT2D eigenvalue weighted by Crippen LogP contribution is 2.23. The normalized spacial score (nSPS) is 18.9. The number of rotatable bonds is 59. The van der Waals surface area contributed by atoms with Gasteiger partial charge in [-0.3, -0.25) is 4.79 Å². The van der Waals surface area contributed by atoms with Crippen molar-refractivity contribution in [1.29, 1.82) is 0 Å². The van der Waals surface area contributed by atoms with Crippen molar-refractivity contribution in [2.24, 2.45) is 0 Å². The van der Waals surface area contributed by atoms with Gasteiger partial charge in [-0.25, -0.2) is 0 Å². The van der Waals surface area contributed by atoms with Crippen LogP contribution < -0.4 is 5.32 Å². The van der Waals surface area contributed by atoms with Crippen LogP contribution in [0.4, 0.5) is 0 Å². The lowest BCUT2D eigenvalue weighted by atomic mass is 9.99. The summed E-state index contributed by atoms with van der Waals surface area (Å²) in [5.74, 6) is -0.173.